The summed E-state index contributed by atoms with van der Waals surface area (Å²) < 4.78 is 106. The molecule has 3 aliphatic heterocycles. The lowest BCUT2D eigenvalue weighted by atomic mass is 10.0. The highest BCUT2D eigenvalue weighted by molar-refractivity contribution is 8.00. The molecule has 0 spiro atoms. The summed E-state index contributed by atoms with van der Waals surface area (Å²) in [6.07, 6.45) is 6.29. The molecule has 2 unspecified atom stereocenters. The summed E-state index contributed by atoms with van der Waals surface area (Å²) in [4.78, 5) is 37.7. The fraction of sp³-hybridized carbons (Fsp3) is 0.324. The molecule has 7 rings (SSSR count). The van der Waals surface area contributed by atoms with Crippen molar-refractivity contribution < 1.29 is 58.0 Å². The van der Waals surface area contributed by atoms with Crippen molar-refractivity contribution >= 4 is 90.6 Å². The number of sulfone groups is 4. The first kappa shape index (κ1) is 46.4. The molecule has 0 saturated carbocycles. The number of hydrogen-bond acceptors (Lipinski definition) is 19. The molecule has 0 amide bonds. The highest BCUT2D eigenvalue weighted by atomic mass is 35.5. The first-order valence-corrected chi connectivity index (χ1v) is 25.9. The number of benzene rings is 2. The Labute approximate surface area is 366 Å². The molecule has 0 radical (unpaired) electrons. The topological polar surface area (TPSA) is 278 Å². The first-order chi connectivity index (χ1) is 28.9. The minimum absolute atomic E-state index is 0.0289. The molecule has 3 aliphatic rings. The maximum Gasteiger partial charge on any atom is 0.358 e. The van der Waals surface area contributed by atoms with Gasteiger partial charge in [-0.05, 0) is 31.5 Å². The summed E-state index contributed by atoms with van der Waals surface area (Å²) in [5.41, 5.74) is 1.58. The third-order valence-electron chi connectivity index (χ3n) is 9.42. The molecule has 2 aromatic carbocycles. The van der Waals surface area contributed by atoms with E-state index in [0.717, 1.165) is 19.6 Å². The number of aromatic nitrogens is 4. The molecule has 1 N–H and O–H groups in total. The first-order valence-electron chi connectivity index (χ1n) is 17.9. The molecule has 0 aliphatic carbocycles. The smallest absolute Gasteiger partial charge is 0.358 e. The van der Waals surface area contributed by atoms with Crippen LogP contribution >= 0.6 is 23.2 Å². The molecular formula is C37H36Cl2N6O13S4. The van der Waals surface area contributed by atoms with Crippen LogP contribution in [0.3, 0.4) is 0 Å². The van der Waals surface area contributed by atoms with Crippen molar-refractivity contribution in [3.8, 4) is 0 Å². The number of oxime groups is 2. The van der Waals surface area contributed by atoms with Gasteiger partial charge < -0.3 is 19.5 Å². The summed E-state index contributed by atoms with van der Waals surface area (Å²) in [5.74, 6) is -2.99. The van der Waals surface area contributed by atoms with Gasteiger partial charge in [0.05, 0.1) is 67.0 Å². The number of halogens is 2. The number of methoxy groups -OCH3 is 1. The second-order valence-corrected chi connectivity index (χ2v) is 23.0. The lowest BCUT2D eigenvalue weighted by molar-refractivity contribution is 0.0592. The van der Waals surface area contributed by atoms with Gasteiger partial charge in [0.25, 0.3) is 0 Å². The third-order valence-corrected chi connectivity index (χ3v) is 15.7. The lowest BCUT2D eigenvalue weighted by Gasteiger charge is -2.22. The second-order valence-electron chi connectivity index (χ2n) is 14.2. The Bertz CT molecular complexity index is 3070. The van der Waals surface area contributed by atoms with Crippen LogP contribution in [-0.4, -0.2) is 95.7 Å². The van der Waals surface area contributed by atoms with Crippen LogP contribution in [0.2, 0.25) is 10.0 Å². The van der Waals surface area contributed by atoms with E-state index in [1.807, 2.05) is 0 Å². The molecule has 4 aromatic rings. The molecule has 2 atom stereocenters. The van der Waals surface area contributed by atoms with E-state index in [9.17, 15) is 43.6 Å². The van der Waals surface area contributed by atoms with Gasteiger partial charge in [0.1, 0.15) is 10.6 Å². The number of rotatable bonds is 10. The second kappa shape index (κ2) is 17.6. The van der Waals surface area contributed by atoms with Gasteiger partial charge in [0, 0.05) is 66.8 Å². The molecule has 330 valence electrons. The molecule has 19 nitrogen and oxygen atoms in total. The van der Waals surface area contributed by atoms with Gasteiger partial charge in [-0.25, -0.2) is 48.4 Å². The van der Waals surface area contributed by atoms with E-state index >= 15 is 0 Å². The van der Waals surface area contributed by atoms with Crippen LogP contribution in [0.25, 0.3) is 10.7 Å². The molecule has 0 bridgehead atoms. The van der Waals surface area contributed by atoms with E-state index in [1.165, 1.54) is 49.1 Å². The summed E-state index contributed by atoms with van der Waals surface area (Å²) in [7, 11) is -14.2. The average Bonchev–Trinajstić information content (AvgIpc) is 3.82. The van der Waals surface area contributed by atoms with E-state index in [2.05, 4.69) is 35.0 Å². The van der Waals surface area contributed by atoms with E-state index in [-0.39, 0.29) is 71.3 Å². The van der Waals surface area contributed by atoms with Crippen LogP contribution in [0.1, 0.15) is 88.7 Å². The van der Waals surface area contributed by atoms with Crippen LogP contribution in [0.4, 0.5) is 0 Å². The molecule has 0 fully saturated rings. The average molecular weight is 972 g/mol. The number of carbonyl (C=O) groups is 1. The molecule has 2 aromatic heterocycles. The van der Waals surface area contributed by atoms with Gasteiger partial charge in [-0.2, -0.15) is 0 Å². The minimum Gasteiger partial charge on any atom is -0.504 e. The zero-order valence-electron chi connectivity index (χ0n) is 33.2. The Balaban J connectivity index is 0.000000207. The Morgan fingerprint density at radius 2 is 1.32 bits per heavy atom. The largest absolute Gasteiger partial charge is 0.504 e. The Hall–Kier alpha value is -5.07. The quantitative estimate of drug-likeness (QED) is 0.206. The molecule has 25 heteroatoms. The molecule has 0 saturated heterocycles. The normalized spacial score (nSPS) is 18.4. The van der Waals surface area contributed by atoms with Crippen molar-refractivity contribution in [2.45, 2.75) is 65.9 Å². The lowest BCUT2D eigenvalue weighted by Crippen LogP contribution is -2.19. The van der Waals surface area contributed by atoms with Crippen LogP contribution in [-0.2, 0) is 71.0 Å². The molecule has 5 heterocycles. The minimum atomic E-state index is -4.04. The summed E-state index contributed by atoms with van der Waals surface area (Å²) in [6.45, 7) is 3.44. The van der Waals surface area contributed by atoms with Gasteiger partial charge in [-0.15, -0.1) is 0 Å². The van der Waals surface area contributed by atoms with Gasteiger partial charge in [-0.3, -0.25) is 9.97 Å². The monoisotopic (exact) mass is 970 g/mol. The summed E-state index contributed by atoms with van der Waals surface area (Å²) in [6, 6.07) is 5.17. The van der Waals surface area contributed by atoms with Gasteiger partial charge in [-0.1, -0.05) is 45.6 Å². The Morgan fingerprint density at radius 1 is 0.790 bits per heavy atom. The Morgan fingerprint density at radius 3 is 1.87 bits per heavy atom. The number of ether oxygens (including phenoxy) is 1. The van der Waals surface area contributed by atoms with Crippen molar-refractivity contribution in [1.82, 2.24) is 19.9 Å². The van der Waals surface area contributed by atoms with Crippen molar-refractivity contribution in [3.63, 3.8) is 0 Å². The van der Waals surface area contributed by atoms with Crippen molar-refractivity contribution in [1.29, 1.82) is 0 Å². The number of esters is 1. The van der Waals surface area contributed by atoms with Crippen LogP contribution < -0.4 is 0 Å². The summed E-state index contributed by atoms with van der Waals surface area (Å²) in [5, 5.41) is 18.2. The predicted molar refractivity (Wildman–Crippen MR) is 226 cm³/mol. The van der Waals surface area contributed by atoms with Gasteiger partial charge >= 0.3 is 5.97 Å². The molecule has 62 heavy (non-hydrogen) atoms. The van der Waals surface area contributed by atoms with Gasteiger partial charge in [0.2, 0.25) is 0 Å². The van der Waals surface area contributed by atoms with Crippen LogP contribution in [0.5, 0.6) is 0 Å². The predicted octanol–water partition coefficient (Wildman–Crippen LogP) is 4.96. The standard InChI is InChI=1S/C19H20ClN3O7S2.C18H16ClN3O6S2/c1-11-8-14(30-23-11)16-15(31(3,25)26)5-4-12(17(16)20)9-32(27,28)10-13-18(19(24)29-2)22-7-6-21-13;1-9-7-12(28-22-9)14-13(29(2,24)25)4-3-10(15(14)19)18-17(23)16-11(8-30(18,26)27)20-5-6-21-16/h4-7,14H,8-10H2,1-3H3;3-6,12,23H,7-8H2,1-2H3. The van der Waals surface area contributed by atoms with Crippen molar-refractivity contribution in [3.05, 3.63) is 104 Å². The number of aliphatic hydroxyl groups excluding tert-OH is 1. The van der Waals surface area contributed by atoms with Crippen LogP contribution in [0.15, 0.2) is 69.2 Å². The number of hydrogen-bond donors (Lipinski definition) is 1. The van der Waals surface area contributed by atoms with E-state index in [1.54, 1.807) is 13.8 Å². The van der Waals surface area contributed by atoms with Crippen LogP contribution in [0, 0.1) is 0 Å². The number of aliphatic hydroxyl groups is 1. The Kier molecular flexibility index (Phi) is 13.2. The summed E-state index contributed by atoms with van der Waals surface area (Å²) >= 11 is 13.1. The van der Waals surface area contributed by atoms with E-state index in [0.29, 0.717) is 17.8 Å². The number of carbonyl (C=O) groups excluding carboxylic acids is 1. The molecular weight excluding hydrogens is 936 g/mol. The number of nitrogens with zero attached hydrogens (tertiary/aromatic N) is 6. The van der Waals surface area contributed by atoms with E-state index in [4.69, 9.17) is 32.9 Å². The zero-order chi connectivity index (χ0) is 45.5. The maximum absolute atomic E-state index is 13.0. The zero-order valence-corrected chi connectivity index (χ0v) is 38.0. The van der Waals surface area contributed by atoms with Crippen molar-refractivity contribution in [2.24, 2.45) is 10.3 Å². The number of fused-ring (bicyclic) bond motifs is 1. The maximum atomic E-state index is 13.0. The third kappa shape index (κ3) is 9.76. The van der Waals surface area contributed by atoms with Crippen molar-refractivity contribution in [2.75, 3.05) is 19.6 Å². The van der Waals surface area contributed by atoms with E-state index < -0.39 is 85.4 Å². The van der Waals surface area contributed by atoms with Gasteiger partial charge in [0.15, 0.2) is 63.0 Å². The fourth-order valence-electron chi connectivity index (χ4n) is 6.74. The SMILES string of the molecule is CC1=NOC(c2c(S(C)(=O)=O)ccc(C3=C(O)c4nccnc4CS3(=O)=O)c2Cl)C1.COC(=O)c1nccnc1CS(=O)(=O)Cc1ccc(S(C)(=O)=O)c(C2CC(C)=NO2)c1Cl. The fourth-order valence-corrected chi connectivity index (χ4v) is 12.7. The highest BCUT2D eigenvalue weighted by Gasteiger charge is 2.38. The highest BCUT2D eigenvalue weighted by Crippen LogP contribution is 2.45.